The van der Waals surface area contributed by atoms with Gasteiger partial charge in [0.1, 0.15) is 0 Å². The van der Waals surface area contributed by atoms with E-state index in [9.17, 15) is 4.79 Å². The summed E-state index contributed by atoms with van der Waals surface area (Å²) in [5.41, 5.74) is 8.68. The minimum absolute atomic E-state index is 0.280. The second-order valence-corrected chi connectivity index (χ2v) is 5.50. The summed E-state index contributed by atoms with van der Waals surface area (Å²) in [5.74, 6) is 0.370. The number of imidazole rings is 1. The number of rotatable bonds is 5. The molecule has 4 nitrogen and oxygen atoms in total. The van der Waals surface area contributed by atoms with Gasteiger partial charge in [-0.3, -0.25) is 9.36 Å². The SMILES string of the molecule is Cc1ccc(C)c(-n2ccnc2SCCC(N)=O)c1. The number of benzene rings is 1. The minimum Gasteiger partial charge on any atom is -0.370 e. The number of carbonyl (C=O) groups is 1. The average Bonchev–Trinajstić information content (AvgIpc) is 2.80. The molecule has 5 heteroatoms. The fourth-order valence-corrected chi connectivity index (χ4v) is 2.72. The zero-order valence-corrected chi connectivity index (χ0v) is 11.9. The third-order valence-corrected chi connectivity index (χ3v) is 3.78. The first-order valence-electron chi connectivity index (χ1n) is 6.10. The molecule has 0 bridgehead atoms. The number of aryl methyl sites for hydroxylation is 2. The fraction of sp³-hybridized carbons (Fsp3) is 0.286. The van der Waals surface area contributed by atoms with Gasteiger partial charge in [0.05, 0.1) is 5.69 Å². The third kappa shape index (κ3) is 3.38. The first-order chi connectivity index (χ1) is 9.08. The molecule has 2 aromatic rings. The summed E-state index contributed by atoms with van der Waals surface area (Å²) in [6, 6.07) is 6.33. The van der Waals surface area contributed by atoms with Crippen molar-refractivity contribution in [3.8, 4) is 5.69 Å². The largest absolute Gasteiger partial charge is 0.370 e. The summed E-state index contributed by atoms with van der Waals surface area (Å²) in [7, 11) is 0. The number of thioether (sulfide) groups is 1. The highest BCUT2D eigenvalue weighted by Gasteiger charge is 2.08. The normalized spacial score (nSPS) is 10.6. The molecule has 1 aromatic heterocycles. The summed E-state index contributed by atoms with van der Waals surface area (Å²) in [6.07, 6.45) is 4.08. The Morgan fingerprint density at radius 1 is 1.42 bits per heavy atom. The van der Waals surface area contributed by atoms with Crippen LogP contribution in [0.15, 0.2) is 35.7 Å². The molecule has 0 aliphatic heterocycles. The summed E-state index contributed by atoms with van der Waals surface area (Å²) >= 11 is 1.54. The molecule has 19 heavy (non-hydrogen) atoms. The van der Waals surface area contributed by atoms with Crippen molar-refractivity contribution in [2.24, 2.45) is 5.73 Å². The Hall–Kier alpha value is -1.75. The molecule has 2 N–H and O–H groups in total. The summed E-state index contributed by atoms with van der Waals surface area (Å²) in [6.45, 7) is 4.15. The van der Waals surface area contributed by atoms with E-state index in [-0.39, 0.29) is 5.91 Å². The Morgan fingerprint density at radius 2 is 2.21 bits per heavy atom. The first-order valence-corrected chi connectivity index (χ1v) is 7.08. The van der Waals surface area contributed by atoms with E-state index in [4.69, 9.17) is 5.73 Å². The van der Waals surface area contributed by atoms with Crippen molar-refractivity contribution in [2.75, 3.05) is 5.75 Å². The topological polar surface area (TPSA) is 60.9 Å². The maximum atomic E-state index is 10.8. The van der Waals surface area contributed by atoms with Crippen LogP contribution >= 0.6 is 11.8 Å². The van der Waals surface area contributed by atoms with Gasteiger partial charge < -0.3 is 5.73 Å². The van der Waals surface area contributed by atoms with Crippen molar-refractivity contribution in [3.05, 3.63) is 41.7 Å². The Bertz CT molecular complexity index is 592. The Kier molecular flexibility index (Phi) is 4.27. The Morgan fingerprint density at radius 3 is 2.95 bits per heavy atom. The van der Waals surface area contributed by atoms with Gasteiger partial charge in [-0.2, -0.15) is 0 Å². The van der Waals surface area contributed by atoms with Gasteiger partial charge in [-0.1, -0.05) is 23.9 Å². The van der Waals surface area contributed by atoms with Gasteiger partial charge in [0.15, 0.2) is 5.16 Å². The molecule has 100 valence electrons. The van der Waals surface area contributed by atoms with Crippen molar-refractivity contribution < 1.29 is 4.79 Å². The lowest BCUT2D eigenvalue weighted by Gasteiger charge is -2.11. The van der Waals surface area contributed by atoms with E-state index in [0.717, 1.165) is 10.8 Å². The highest BCUT2D eigenvalue weighted by atomic mass is 32.2. The van der Waals surface area contributed by atoms with Gasteiger partial charge in [-0.05, 0) is 31.0 Å². The van der Waals surface area contributed by atoms with Crippen LogP contribution in [-0.4, -0.2) is 21.2 Å². The molecule has 0 atom stereocenters. The van der Waals surface area contributed by atoms with Gasteiger partial charge in [-0.15, -0.1) is 0 Å². The Labute approximate surface area is 117 Å². The number of aromatic nitrogens is 2. The predicted octanol–water partition coefficient (Wildman–Crippen LogP) is 2.46. The molecule has 0 unspecified atom stereocenters. The second-order valence-electron chi connectivity index (χ2n) is 4.43. The lowest BCUT2D eigenvalue weighted by atomic mass is 10.1. The molecule has 0 saturated carbocycles. The van der Waals surface area contributed by atoms with Crippen LogP contribution in [0.5, 0.6) is 0 Å². The third-order valence-electron chi connectivity index (χ3n) is 2.81. The zero-order chi connectivity index (χ0) is 13.8. The average molecular weight is 275 g/mol. The van der Waals surface area contributed by atoms with Crippen molar-refractivity contribution in [2.45, 2.75) is 25.4 Å². The Balaban J connectivity index is 2.23. The van der Waals surface area contributed by atoms with Crippen LogP contribution < -0.4 is 5.73 Å². The van der Waals surface area contributed by atoms with E-state index in [1.54, 1.807) is 18.0 Å². The van der Waals surface area contributed by atoms with Crippen LogP contribution in [-0.2, 0) is 4.79 Å². The summed E-state index contributed by atoms with van der Waals surface area (Å²) in [5, 5.41) is 0.884. The number of hydrogen-bond acceptors (Lipinski definition) is 3. The first kappa shape index (κ1) is 13.7. The van der Waals surface area contributed by atoms with E-state index in [0.29, 0.717) is 12.2 Å². The van der Waals surface area contributed by atoms with Gasteiger partial charge in [-0.25, -0.2) is 4.98 Å². The van der Waals surface area contributed by atoms with Crippen LogP contribution in [0.2, 0.25) is 0 Å². The highest BCUT2D eigenvalue weighted by Crippen LogP contribution is 2.23. The molecular formula is C14H17N3OS. The van der Waals surface area contributed by atoms with Crippen molar-refractivity contribution in [3.63, 3.8) is 0 Å². The number of nitrogens with two attached hydrogens (primary N) is 1. The second kappa shape index (κ2) is 5.93. The van der Waals surface area contributed by atoms with Crippen LogP contribution in [0, 0.1) is 13.8 Å². The molecule has 0 saturated heterocycles. The number of nitrogens with zero attached hydrogens (tertiary/aromatic N) is 2. The van der Waals surface area contributed by atoms with Gasteiger partial charge in [0.2, 0.25) is 5.91 Å². The number of primary amides is 1. The molecule has 1 aromatic carbocycles. The standard InChI is InChI=1S/C14H17N3OS/c1-10-3-4-11(2)12(9-10)17-7-6-16-14(17)19-8-5-13(15)18/h3-4,6-7,9H,5,8H2,1-2H3,(H2,15,18). The minimum atomic E-state index is -0.280. The van der Waals surface area contributed by atoms with Crippen LogP contribution in [0.25, 0.3) is 5.69 Å². The van der Waals surface area contributed by atoms with E-state index in [1.165, 1.54) is 11.1 Å². The number of amides is 1. The van der Waals surface area contributed by atoms with Crippen molar-refractivity contribution >= 4 is 17.7 Å². The quantitative estimate of drug-likeness (QED) is 0.853. The lowest BCUT2D eigenvalue weighted by molar-refractivity contribution is -0.117. The molecule has 0 aliphatic rings. The summed E-state index contributed by atoms with van der Waals surface area (Å²) < 4.78 is 2.05. The smallest absolute Gasteiger partial charge is 0.218 e. The monoisotopic (exact) mass is 275 g/mol. The van der Waals surface area contributed by atoms with E-state index in [2.05, 4.69) is 37.0 Å². The fourth-order valence-electron chi connectivity index (χ4n) is 1.80. The summed E-state index contributed by atoms with van der Waals surface area (Å²) in [4.78, 5) is 15.1. The lowest BCUT2D eigenvalue weighted by Crippen LogP contribution is -2.11. The maximum absolute atomic E-state index is 10.8. The molecule has 1 heterocycles. The van der Waals surface area contributed by atoms with Gasteiger partial charge >= 0.3 is 0 Å². The zero-order valence-electron chi connectivity index (χ0n) is 11.1. The molecule has 0 fully saturated rings. The maximum Gasteiger partial charge on any atom is 0.218 e. The van der Waals surface area contributed by atoms with Crippen molar-refractivity contribution in [1.82, 2.24) is 9.55 Å². The molecule has 0 radical (unpaired) electrons. The van der Waals surface area contributed by atoms with E-state index < -0.39 is 0 Å². The molecule has 0 aliphatic carbocycles. The number of carbonyl (C=O) groups excluding carboxylic acids is 1. The molecular weight excluding hydrogens is 258 g/mol. The van der Waals surface area contributed by atoms with Gasteiger partial charge in [0.25, 0.3) is 0 Å². The molecule has 2 rings (SSSR count). The highest BCUT2D eigenvalue weighted by molar-refractivity contribution is 7.99. The van der Waals surface area contributed by atoms with E-state index >= 15 is 0 Å². The molecule has 0 spiro atoms. The van der Waals surface area contributed by atoms with Gasteiger partial charge in [0, 0.05) is 24.6 Å². The van der Waals surface area contributed by atoms with Crippen LogP contribution in [0.3, 0.4) is 0 Å². The van der Waals surface area contributed by atoms with Crippen LogP contribution in [0.4, 0.5) is 0 Å². The number of hydrogen-bond donors (Lipinski definition) is 1. The molecule has 1 amide bonds. The van der Waals surface area contributed by atoms with E-state index in [1.807, 2.05) is 10.8 Å². The predicted molar refractivity (Wildman–Crippen MR) is 77.6 cm³/mol. The van der Waals surface area contributed by atoms with Crippen molar-refractivity contribution in [1.29, 1.82) is 0 Å². The van der Waals surface area contributed by atoms with Crippen LogP contribution in [0.1, 0.15) is 17.5 Å².